The summed E-state index contributed by atoms with van der Waals surface area (Å²) >= 11 is 0. The number of carbonyl (C=O) groups excluding carboxylic acids is 1. The minimum absolute atomic E-state index is 0.0470. The van der Waals surface area contributed by atoms with Gasteiger partial charge in [-0.2, -0.15) is 18.2 Å². The molecule has 2 amide bonds. The number of hydrogen-bond donors (Lipinski definition) is 0. The quantitative estimate of drug-likeness (QED) is 0.394. The van der Waals surface area contributed by atoms with Crippen LogP contribution >= 0.6 is 0 Å². The van der Waals surface area contributed by atoms with Crippen LogP contribution in [-0.2, 0) is 17.5 Å². The first-order valence-electron chi connectivity index (χ1n) is 10.3. The summed E-state index contributed by atoms with van der Waals surface area (Å²) in [5, 5.41) is 0. The van der Waals surface area contributed by atoms with Crippen molar-refractivity contribution >= 4 is 11.9 Å². The lowest BCUT2D eigenvalue weighted by Crippen LogP contribution is -2.42. The lowest BCUT2D eigenvalue weighted by atomic mass is 10.1. The molecule has 170 valence electrons. The van der Waals surface area contributed by atoms with Gasteiger partial charge in [-0.05, 0) is 37.5 Å². The van der Waals surface area contributed by atoms with Gasteiger partial charge in [0, 0.05) is 31.3 Å². The highest BCUT2D eigenvalue weighted by atomic mass is 19.4. The van der Waals surface area contributed by atoms with Crippen molar-refractivity contribution in [2.24, 2.45) is 10.9 Å². The molecular formula is C23H30F3N3O2. The van der Waals surface area contributed by atoms with Gasteiger partial charge in [0.1, 0.15) is 12.4 Å². The number of carbonyl (C=O) groups is 1. The van der Waals surface area contributed by atoms with Crippen LogP contribution in [-0.4, -0.2) is 35.8 Å². The SMILES string of the molecule is CC/C=C1C(C)=C(/N=C(/OCc2cccc(C(F)(F)F)c2)C(C)CC)N(C)C(=O)N/1C. The molecule has 0 saturated carbocycles. The number of urea groups is 1. The van der Waals surface area contributed by atoms with Crippen LogP contribution in [0.2, 0.25) is 0 Å². The van der Waals surface area contributed by atoms with E-state index in [4.69, 9.17) is 4.74 Å². The summed E-state index contributed by atoms with van der Waals surface area (Å²) in [6.45, 7) is 7.74. The van der Waals surface area contributed by atoms with E-state index in [2.05, 4.69) is 4.99 Å². The van der Waals surface area contributed by atoms with Crippen LogP contribution in [0.25, 0.3) is 0 Å². The predicted molar refractivity (Wildman–Crippen MR) is 115 cm³/mol. The maximum Gasteiger partial charge on any atom is 0.416 e. The third-order valence-corrected chi connectivity index (χ3v) is 5.26. The zero-order chi connectivity index (χ0) is 23.3. The average Bonchev–Trinajstić information content (AvgIpc) is 2.74. The number of allylic oxidation sites excluding steroid dienone is 2. The van der Waals surface area contributed by atoms with Gasteiger partial charge in [0.15, 0.2) is 5.90 Å². The van der Waals surface area contributed by atoms with E-state index in [1.807, 2.05) is 33.8 Å². The van der Waals surface area contributed by atoms with Crippen LogP contribution in [0.1, 0.15) is 51.7 Å². The van der Waals surface area contributed by atoms with Crippen molar-refractivity contribution in [3.8, 4) is 0 Å². The van der Waals surface area contributed by atoms with Crippen LogP contribution in [0.3, 0.4) is 0 Å². The van der Waals surface area contributed by atoms with Gasteiger partial charge in [-0.1, -0.05) is 39.0 Å². The second-order valence-electron chi connectivity index (χ2n) is 7.59. The van der Waals surface area contributed by atoms with Crippen molar-refractivity contribution in [3.05, 3.63) is 58.6 Å². The molecule has 31 heavy (non-hydrogen) atoms. The first-order chi connectivity index (χ1) is 14.5. The van der Waals surface area contributed by atoms with Crippen molar-refractivity contribution in [2.45, 2.75) is 53.3 Å². The summed E-state index contributed by atoms with van der Waals surface area (Å²) in [5.41, 5.74) is 1.29. The molecule has 8 heteroatoms. The summed E-state index contributed by atoms with van der Waals surface area (Å²) in [5.74, 6) is 0.782. The average molecular weight is 438 g/mol. The molecule has 0 spiro atoms. The van der Waals surface area contributed by atoms with Gasteiger partial charge in [0.2, 0.25) is 0 Å². The van der Waals surface area contributed by atoms with E-state index >= 15 is 0 Å². The van der Waals surface area contributed by atoms with Crippen molar-refractivity contribution in [2.75, 3.05) is 14.1 Å². The van der Waals surface area contributed by atoms with Gasteiger partial charge in [0.25, 0.3) is 0 Å². The molecular weight excluding hydrogens is 407 g/mol. The summed E-state index contributed by atoms with van der Waals surface area (Å²) in [6, 6.07) is 4.83. The monoisotopic (exact) mass is 437 g/mol. The number of alkyl halides is 3. The van der Waals surface area contributed by atoms with Crippen molar-refractivity contribution in [1.82, 2.24) is 9.80 Å². The zero-order valence-electron chi connectivity index (χ0n) is 18.9. The fourth-order valence-electron chi connectivity index (χ4n) is 3.24. The van der Waals surface area contributed by atoms with E-state index in [1.165, 1.54) is 11.0 Å². The number of hydrogen-bond acceptors (Lipinski definition) is 3. The normalized spacial score (nSPS) is 18.2. The van der Waals surface area contributed by atoms with Crippen LogP contribution in [0.15, 0.2) is 52.4 Å². The first-order valence-corrected chi connectivity index (χ1v) is 10.3. The Hall–Kier alpha value is -2.77. The van der Waals surface area contributed by atoms with E-state index in [0.717, 1.165) is 36.2 Å². The number of nitrogens with zero attached hydrogens (tertiary/aromatic N) is 3. The number of aliphatic imine (C=N–C) groups is 1. The summed E-state index contributed by atoms with van der Waals surface area (Å²) in [7, 11) is 3.36. The first kappa shape index (κ1) is 24.5. The number of halogens is 3. The molecule has 1 heterocycles. The smallest absolute Gasteiger partial charge is 0.416 e. The molecule has 0 saturated heterocycles. The lowest BCUT2D eigenvalue weighted by molar-refractivity contribution is -0.137. The third-order valence-electron chi connectivity index (χ3n) is 5.26. The minimum Gasteiger partial charge on any atom is -0.476 e. The second-order valence-corrected chi connectivity index (χ2v) is 7.59. The molecule has 0 aliphatic carbocycles. The molecule has 1 unspecified atom stereocenters. The molecule has 2 rings (SSSR count). The lowest BCUT2D eigenvalue weighted by Gasteiger charge is -2.34. The van der Waals surface area contributed by atoms with E-state index in [9.17, 15) is 18.0 Å². The predicted octanol–water partition coefficient (Wildman–Crippen LogP) is 6.19. The Bertz CT molecular complexity index is 904. The molecule has 1 aromatic rings. The van der Waals surface area contributed by atoms with Crippen molar-refractivity contribution in [3.63, 3.8) is 0 Å². The third kappa shape index (κ3) is 5.68. The number of rotatable bonds is 6. The van der Waals surface area contributed by atoms with Gasteiger partial charge in [-0.3, -0.25) is 9.80 Å². The van der Waals surface area contributed by atoms with Crippen molar-refractivity contribution in [1.29, 1.82) is 0 Å². The Morgan fingerprint density at radius 1 is 1.23 bits per heavy atom. The van der Waals surface area contributed by atoms with Crippen LogP contribution < -0.4 is 0 Å². The fraction of sp³-hybridized carbons (Fsp3) is 0.478. The zero-order valence-corrected chi connectivity index (χ0v) is 18.9. The van der Waals surface area contributed by atoms with Crippen molar-refractivity contribution < 1.29 is 22.7 Å². The molecule has 5 nitrogen and oxygen atoms in total. The highest BCUT2D eigenvalue weighted by Crippen LogP contribution is 2.31. The van der Waals surface area contributed by atoms with E-state index in [0.29, 0.717) is 17.3 Å². The topological polar surface area (TPSA) is 45.1 Å². The highest BCUT2D eigenvalue weighted by Gasteiger charge is 2.31. The van der Waals surface area contributed by atoms with Gasteiger partial charge in [-0.15, -0.1) is 0 Å². The molecule has 0 radical (unpaired) electrons. The number of amides is 2. The molecule has 1 aliphatic heterocycles. The Balaban J connectivity index is 2.40. The van der Waals surface area contributed by atoms with Gasteiger partial charge < -0.3 is 4.74 Å². The highest BCUT2D eigenvalue weighted by molar-refractivity contribution is 5.84. The molecule has 0 N–H and O–H groups in total. The Morgan fingerprint density at radius 2 is 1.90 bits per heavy atom. The molecule has 1 aliphatic rings. The van der Waals surface area contributed by atoms with E-state index in [-0.39, 0.29) is 18.6 Å². The van der Waals surface area contributed by atoms with Crippen LogP contribution in [0.4, 0.5) is 18.0 Å². The van der Waals surface area contributed by atoms with E-state index in [1.54, 1.807) is 25.1 Å². The molecule has 1 aromatic carbocycles. The Morgan fingerprint density at radius 3 is 2.48 bits per heavy atom. The van der Waals surface area contributed by atoms with Gasteiger partial charge in [-0.25, -0.2) is 4.79 Å². The molecule has 0 fully saturated rings. The number of benzene rings is 1. The second kappa shape index (κ2) is 10.0. The largest absolute Gasteiger partial charge is 0.476 e. The number of ether oxygens (including phenoxy) is 1. The minimum atomic E-state index is -4.41. The summed E-state index contributed by atoms with van der Waals surface area (Å²) in [4.78, 5) is 20.3. The Kier molecular flexibility index (Phi) is 7.92. The molecule has 0 bridgehead atoms. The standard InChI is InChI=1S/C23H30F3N3O2/c1-7-10-19-16(4)20(29(6)22(30)28(19)5)27-21(15(3)8-2)31-14-17-11-9-12-18(13-17)23(24,25)26/h9-13,15H,7-8,14H2,1-6H3/b19-10-,27-21+. The number of likely N-dealkylation sites (N-methyl/N-ethyl adjacent to an activating group) is 1. The van der Waals surface area contributed by atoms with Crippen LogP contribution in [0.5, 0.6) is 0 Å². The van der Waals surface area contributed by atoms with Crippen LogP contribution in [0, 0.1) is 5.92 Å². The Labute approximate surface area is 181 Å². The maximum absolute atomic E-state index is 13.0. The summed E-state index contributed by atoms with van der Waals surface area (Å²) in [6.07, 6.45) is -0.967. The fourth-order valence-corrected chi connectivity index (χ4v) is 3.24. The van der Waals surface area contributed by atoms with Gasteiger partial charge >= 0.3 is 12.2 Å². The van der Waals surface area contributed by atoms with Gasteiger partial charge in [0.05, 0.1) is 5.56 Å². The molecule has 1 atom stereocenters. The van der Waals surface area contributed by atoms with E-state index < -0.39 is 11.7 Å². The summed E-state index contributed by atoms with van der Waals surface area (Å²) < 4.78 is 44.9. The maximum atomic E-state index is 13.0. The molecule has 0 aromatic heterocycles.